The molecule has 0 saturated carbocycles. The van der Waals surface area contributed by atoms with Crippen molar-refractivity contribution in [2.45, 2.75) is 10.7 Å². The van der Waals surface area contributed by atoms with Crippen molar-refractivity contribution in [2.24, 2.45) is 0 Å². The van der Waals surface area contributed by atoms with Crippen LogP contribution < -0.4 is 4.74 Å². The topological polar surface area (TPSA) is 78.1 Å². The summed E-state index contributed by atoms with van der Waals surface area (Å²) in [5.41, 5.74) is 1.79. The molecule has 0 atom stereocenters. The second-order valence-electron chi connectivity index (χ2n) is 5.23. The van der Waals surface area contributed by atoms with Crippen molar-refractivity contribution in [1.29, 1.82) is 0 Å². The van der Waals surface area contributed by atoms with Crippen molar-refractivity contribution in [3.8, 4) is 5.75 Å². The lowest BCUT2D eigenvalue weighted by atomic mass is 10.3. The van der Waals surface area contributed by atoms with Crippen molar-refractivity contribution < 1.29 is 9.66 Å². The number of benzene rings is 2. The fraction of sp³-hybridized carbons (Fsp3) is 0.176. The van der Waals surface area contributed by atoms with E-state index in [0.29, 0.717) is 10.8 Å². The third-order valence-electron chi connectivity index (χ3n) is 3.49. The highest BCUT2D eigenvalue weighted by Crippen LogP contribution is 2.27. The third kappa shape index (κ3) is 4.81. The number of alkyl halides is 2. The predicted octanol–water partition coefficient (Wildman–Crippen LogP) is 6.30. The van der Waals surface area contributed by atoms with Crippen LogP contribution in [0.2, 0.25) is 0 Å². The molecule has 10 heteroatoms. The minimum absolute atomic E-state index is 0.0870. The van der Waals surface area contributed by atoms with Gasteiger partial charge in [-0.2, -0.15) is 0 Å². The van der Waals surface area contributed by atoms with E-state index < -0.39 is 4.92 Å². The Labute approximate surface area is 179 Å². The summed E-state index contributed by atoms with van der Waals surface area (Å²) in [6.07, 6.45) is 0. The number of ether oxygens (including phenoxy) is 1. The SMILES string of the molecule is COc1ccc2sc(CBr)nc2c1.O=[N+]([O-])c1ccc2sc(CBr)nc2c1. The van der Waals surface area contributed by atoms with Gasteiger partial charge in [-0.1, -0.05) is 31.9 Å². The largest absolute Gasteiger partial charge is 0.497 e. The van der Waals surface area contributed by atoms with Crippen LogP contribution in [0.25, 0.3) is 20.4 Å². The molecule has 140 valence electrons. The molecule has 0 bridgehead atoms. The van der Waals surface area contributed by atoms with E-state index >= 15 is 0 Å². The van der Waals surface area contributed by atoms with Crippen LogP contribution in [-0.4, -0.2) is 22.0 Å². The van der Waals surface area contributed by atoms with E-state index in [-0.39, 0.29) is 5.69 Å². The van der Waals surface area contributed by atoms with E-state index in [2.05, 4.69) is 41.8 Å². The van der Waals surface area contributed by atoms with Gasteiger partial charge in [-0.15, -0.1) is 22.7 Å². The smallest absolute Gasteiger partial charge is 0.271 e. The number of non-ortho nitro benzene ring substituents is 1. The number of aromatic nitrogens is 2. The van der Waals surface area contributed by atoms with Gasteiger partial charge in [-0.3, -0.25) is 10.1 Å². The molecule has 0 unspecified atom stereocenters. The molecule has 2 aromatic heterocycles. The zero-order valence-corrected chi connectivity index (χ0v) is 18.8. The second kappa shape index (κ2) is 9.05. The highest BCUT2D eigenvalue weighted by atomic mass is 79.9. The highest BCUT2D eigenvalue weighted by Gasteiger charge is 2.09. The average molecular weight is 531 g/mol. The van der Waals surface area contributed by atoms with Crippen LogP contribution in [0.3, 0.4) is 0 Å². The van der Waals surface area contributed by atoms with Crippen LogP contribution in [-0.2, 0) is 10.7 Å². The monoisotopic (exact) mass is 529 g/mol. The quantitative estimate of drug-likeness (QED) is 0.176. The van der Waals surface area contributed by atoms with Gasteiger partial charge in [0.15, 0.2) is 0 Å². The lowest BCUT2D eigenvalue weighted by Crippen LogP contribution is -1.86. The zero-order valence-electron chi connectivity index (χ0n) is 14.0. The van der Waals surface area contributed by atoms with Gasteiger partial charge in [0.2, 0.25) is 0 Å². The first kappa shape index (κ1) is 20.1. The maximum Gasteiger partial charge on any atom is 0.271 e. The molecule has 0 aliphatic heterocycles. The number of hydrogen-bond acceptors (Lipinski definition) is 7. The van der Waals surface area contributed by atoms with E-state index in [1.165, 1.54) is 28.2 Å². The number of nitro benzene ring substituents is 1. The molecule has 0 N–H and O–H groups in total. The minimum atomic E-state index is -0.410. The first-order valence-electron chi connectivity index (χ1n) is 7.63. The summed E-state index contributed by atoms with van der Waals surface area (Å²) in [4.78, 5) is 18.8. The number of nitro groups is 1. The van der Waals surface area contributed by atoms with Crippen LogP contribution in [0.1, 0.15) is 10.0 Å². The molecule has 0 fully saturated rings. The first-order chi connectivity index (χ1) is 13.0. The molecule has 0 spiro atoms. The van der Waals surface area contributed by atoms with Gasteiger partial charge >= 0.3 is 0 Å². The Balaban J connectivity index is 0.000000156. The maximum atomic E-state index is 10.5. The Morgan fingerprint density at radius 2 is 1.56 bits per heavy atom. The summed E-state index contributed by atoms with van der Waals surface area (Å²) in [6.45, 7) is 0. The lowest BCUT2D eigenvalue weighted by Gasteiger charge is -1.96. The first-order valence-corrected chi connectivity index (χ1v) is 11.5. The molecule has 0 saturated heterocycles. The van der Waals surface area contributed by atoms with E-state index in [1.807, 2.05) is 18.2 Å². The Morgan fingerprint density at radius 1 is 1.00 bits per heavy atom. The van der Waals surface area contributed by atoms with Crippen molar-refractivity contribution in [2.75, 3.05) is 7.11 Å². The summed E-state index contributed by atoms with van der Waals surface area (Å²) in [5.74, 6) is 0.860. The van der Waals surface area contributed by atoms with E-state index in [9.17, 15) is 10.1 Å². The van der Waals surface area contributed by atoms with Gasteiger partial charge in [0, 0.05) is 18.2 Å². The number of nitrogens with zero attached hydrogens (tertiary/aromatic N) is 3. The van der Waals surface area contributed by atoms with Gasteiger partial charge in [0.25, 0.3) is 5.69 Å². The summed E-state index contributed by atoms with van der Waals surface area (Å²) >= 11 is 9.92. The van der Waals surface area contributed by atoms with Crippen LogP contribution in [0.5, 0.6) is 5.75 Å². The second-order valence-corrected chi connectivity index (χ2v) is 8.58. The Hall–Kier alpha value is -1.62. The van der Waals surface area contributed by atoms with E-state index in [1.54, 1.807) is 24.5 Å². The van der Waals surface area contributed by atoms with E-state index in [0.717, 1.165) is 31.3 Å². The molecule has 0 aliphatic carbocycles. The highest BCUT2D eigenvalue weighted by molar-refractivity contribution is 9.08. The molecule has 27 heavy (non-hydrogen) atoms. The van der Waals surface area contributed by atoms with Crippen LogP contribution >= 0.6 is 54.5 Å². The lowest BCUT2D eigenvalue weighted by molar-refractivity contribution is -0.384. The molecule has 4 aromatic rings. The summed E-state index contributed by atoms with van der Waals surface area (Å²) in [5, 5.41) is 14.0. The summed E-state index contributed by atoms with van der Waals surface area (Å²) in [7, 11) is 1.67. The number of fused-ring (bicyclic) bond motifs is 2. The van der Waals surface area contributed by atoms with Gasteiger partial charge in [-0.05, 0) is 18.2 Å². The molecule has 0 aliphatic rings. The van der Waals surface area contributed by atoms with Crippen molar-refractivity contribution in [3.05, 3.63) is 56.5 Å². The maximum absolute atomic E-state index is 10.5. The minimum Gasteiger partial charge on any atom is -0.497 e. The number of hydrogen-bond donors (Lipinski definition) is 0. The Morgan fingerprint density at radius 3 is 2.07 bits per heavy atom. The molecule has 4 rings (SSSR count). The van der Waals surface area contributed by atoms with Crippen molar-refractivity contribution in [1.82, 2.24) is 9.97 Å². The summed E-state index contributed by atoms with van der Waals surface area (Å²) in [6, 6.07) is 10.7. The predicted molar refractivity (Wildman–Crippen MR) is 118 cm³/mol. The number of rotatable bonds is 4. The average Bonchev–Trinajstić information content (AvgIpc) is 3.30. The molecular formula is C17H13Br2N3O3S2. The van der Waals surface area contributed by atoms with Gasteiger partial charge < -0.3 is 4.74 Å². The Bertz CT molecular complexity index is 1100. The fourth-order valence-corrected chi connectivity index (χ4v) is 4.81. The number of halogens is 2. The van der Waals surface area contributed by atoms with Gasteiger partial charge in [0.1, 0.15) is 15.8 Å². The van der Waals surface area contributed by atoms with Gasteiger partial charge in [0.05, 0.1) is 43.1 Å². The number of thiazole rings is 2. The molecule has 2 aromatic carbocycles. The zero-order chi connectivity index (χ0) is 19.4. The summed E-state index contributed by atoms with van der Waals surface area (Å²) < 4.78 is 7.30. The van der Waals surface area contributed by atoms with Crippen molar-refractivity contribution >= 4 is 80.7 Å². The Kier molecular flexibility index (Phi) is 6.74. The molecule has 0 amide bonds. The molecule has 2 heterocycles. The molecule has 6 nitrogen and oxygen atoms in total. The molecular weight excluding hydrogens is 518 g/mol. The standard InChI is InChI=1S/C9H8BrNOS.C8H5BrN2O2S/c1-12-6-2-3-8-7(4-6)11-9(5-10)13-8;9-4-8-10-6-3-5(11(12)13)1-2-7(6)14-8/h2-4H,5H2,1H3;1-3H,4H2. The van der Waals surface area contributed by atoms with E-state index in [4.69, 9.17) is 4.74 Å². The molecule has 0 radical (unpaired) electrons. The fourth-order valence-electron chi connectivity index (χ4n) is 2.27. The van der Waals surface area contributed by atoms with Crippen LogP contribution in [0, 0.1) is 10.1 Å². The van der Waals surface area contributed by atoms with Crippen LogP contribution in [0.15, 0.2) is 36.4 Å². The van der Waals surface area contributed by atoms with Crippen LogP contribution in [0.4, 0.5) is 5.69 Å². The number of methoxy groups -OCH3 is 1. The third-order valence-corrected chi connectivity index (χ3v) is 7.37. The normalized spacial score (nSPS) is 10.6. The van der Waals surface area contributed by atoms with Crippen molar-refractivity contribution in [3.63, 3.8) is 0 Å². The van der Waals surface area contributed by atoms with Gasteiger partial charge in [-0.25, -0.2) is 9.97 Å².